The van der Waals surface area contributed by atoms with Gasteiger partial charge in [0, 0.05) is 10.9 Å². The fourth-order valence-electron chi connectivity index (χ4n) is 4.05. The average molecular weight is 506 g/mol. The summed E-state index contributed by atoms with van der Waals surface area (Å²) >= 11 is 0. The van der Waals surface area contributed by atoms with Crippen LogP contribution in [-0.4, -0.2) is 26.9 Å². The van der Waals surface area contributed by atoms with E-state index in [1.165, 1.54) is 12.1 Å². The zero-order chi connectivity index (χ0) is 26.2. The van der Waals surface area contributed by atoms with E-state index in [-0.39, 0.29) is 28.3 Å². The normalized spacial score (nSPS) is 11.5. The van der Waals surface area contributed by atoms with Gasteiger partial charge >= 0.3 is 5.97 Å². The number of sulfonamides is 1. The van der Waals surface area contributed by atoms with Crippen LogP contribution in [0.1, 0.15) is 50.1 Å². The van der Waals surface area contributed by atoms with Crippen molar-refractivity contribution < 1.29 is 27.2 Å². The lowest BCUT2D eigenvalue weighted by molar-refractivity contribution is 0.0526. The van der Waals surface area contributed by atoms with Crippen LogP contribution in [-0.2, 0) is 14.8 Å². The summed E-state index contributed by atoms with van der Waals surface area (Å²) in [4.78, 5) is 26.4. The van der Waals surface area contributed by atoms with Crippen LogP contribution >= 0.6 is 0 Å². The maximum atomic E-state index is 14.0. The molecular formula is C28H27NO6S. The van der Waals surface area contributed by atoms with Crippen molar-refractivity contribution >= 4 is 38.6 Å². The second kappa shape index (κ2) is 9.62. The zero-order valence-corrected chi connectivity index (χ0v) is 21.6. The third-order valence-corrected chi connectivity index (χ3v) is 7.76. The van der Waals surface area contributed by atoms with E-state index < -0.39 is 21.9 Å². The Morgan fingerprint density at radius 3 is 2.22 bits per heavy atom. The standard InChI is InChI=1S/C28H27NO6S/c1-6-34-28(31)26-20(5)35-24-14-13-22(16-23(24)26)29(27(30)21-11-8-17(2)9-12-21)36(32,33)25-15-18(3)7-10-19(25)4/h7-16H,6H2,1-5H3. The number of furan rings is 1. The van der Waals surface area contributed by atoms with Crippen LogP contribution in [0.15, 0.2) is 70.0 Å². The molecule has 4 aromatic rings. The predicted molar refractivity (Wildman–Crippen MR) is 138 cm³/mol. The number of anilines is 1. The van der Waals surface area contributed by atoms with Crippen molar-refractivity contribution in [1.82, 2.24) is 0 Å². The summed E-state index contributed by atoms with van der Waals surface area (Å²) in [6.45, 7) is 8.85. The molecule has 36 heavy (non-hydrogen) atoms. The number of ether oxygens (including phenoxy) is 1. The van der Waals surface area contributed by atoms with Crippen molar-refractivity contribution in [3.05, 3.63) is 94.2 Å². The molecule has 0 spiro atoms. The van der Waals surface area contributed by atoms with Crippen LogP contribution in [0.5, 0.6) is 0 Å². The molecule has 0 radical (unpaired) electrons. The van der Waals surface area contributed by atoms with Gasteiger partial charge in [-0.3, -0.25) is 4.79 Å². The molecule has 0 unspecified atom stereocenters. The molecule has 3 aromatic carbocycles. The fraction of sp³-hybridized carbons (Fsp3) is 0.214. The number of amides is 1. The summed E-state index contributed by atoms with van der Waals surface area (Å²) < 4.78 is 39.8. The molecule has 186 valence electrons. The molecule has 0 atom stereocenters. The van der Waals surface area contributed by atoms with E-state index in [0.717, 1.165) is 15.4 Å². The maximum Gasteiger partial charge on any atom is 0.342 e. The average Bonchev–Trinajstić information content (AvgIpc) is 3.16. The van der Waals surface area contributed by atoms with Gasteiger partial charge < -0.3 is 9.15 Å². The van der Waals surface area contributed by atoms with Crippen LogP contribution in [0.2, 0.25) is 0 Å². The van der Waals surface area contributed by atoms with Crippen LogP contribution in [0, 0.1) is 27.7 Å². The fourth-order valence-corrected chi connectivity index (χ4v) is 5.77. The van der Waals surface area contributed by atoms with Gasteiger partial charge in [0.1, 0.15) is 16.9 Å². The maximum absolute atomic E-state index is 14.0. The van der Waals surface area contributed by atoms with Gasteiger partial charge in [-0.05, 0) is 82.1 Å². The second-order valence-corrected chi connectivity index (χ2v) is 10.4. The highest BCUT2D eigenvalue weighted by atomic mass is 32.2. The lowest BCUT2D eigenvalue weighted by atomic mass is 10.1. The first-order chi connectivity index (χ1) is 17.0. The Morgan fingerprint density at radius 2 is 1.56 bits per heavy atom. The number of rotatable bonds is 6. The topological polar surface area (TPSA) is 93.9 Å². The molecule has 1 aromatic heterocycles. The molecule has 0 fully saturated rings. The van der Waals surface area contributed by atoms with E-state index in [1.807, 2.05) is 13.0 Å². The highest BCUT2D eigenvalue weighted by Gasteiger charge is 2.34. The Hall–Kier alpha value is -3.91. The number of aryl methyl sites for hydroxylation is 4. The molecule has 4 rings (SSSR count). The minimum Gasteiger partial charge on any atom is -0.462 e. The molecule has 0 saturated heterocycles. The minimum absolute atomic E-state index is 0.0250. The van der Waals surface area contributed by atoms with Gasteiger partial charge in [-0.25, -0.2) is 13.2 Å². The Kier molecular flexibility index (Phi) is 6.73. The van der Waals surface area contributed by atoms with E-state index in [0.29, 0.717) is 22.3 Å². The molecule has 0 bridgehead atoms. The van der Waals surface area contributed by atoms with E-state index in [4.69, 9.17) is 9.15 Å². The monoisotopic (exact) mass is 505 g/mol. The molecule has 0 aliphatic carbocycles. The lowest BCUT2D eigenvalue weighted by Crippen LogP contribution is -2.37. The third-order valence-electron chi connectivity index (χ3n) is 5.91. The van der Waals surface area contributed by atoms with Gasteiger partial charge in [0.2, 0.25) is 0 Å². The molecule has 0 N–H and O–H groups in total. The van der Waals surface area contributed by atoms with E-state index in [1.54, 1.807) is 70.2 Å². The van der Waals surface area contributed by atoms with Gasteiger partial charge in [0.15, 0.2) is 0 Å². The van der Waals surface area contributed by atoms with Crippen LogP contribution in [0.4, 0.5) is 5.69 Å². The summed E-state index contributed by atoms with van der Waals surface area (Å²) in [5.74, 6) is -0.956. The minimum atomic E-state index is -4.33. The van der Waals surface area contributed by atoms with Crippen LogP contribution < -0.4 is 4.31 Å². The SMILES string of the molecule is CCOC(=O)c1c(C)oc2ccc(N(C(=O)c3ccc(C)cc3)S(=O)(=O)c3cc(C)ccc3C)cc12. The number of fused-ring (bicyclic) bond motifs is 1. The quantitative estimate of drug-likeness (QED) is 0.304. The van der Waals surface area contributed by atoms with Crippen molar-refractivity contribution in [2.75, 3.05) is 10.9 Å². The van der Waals surface area contributed by atoms with Gasteiger partial charge in [0.25, 0.3) is 15.9 Å². The van der Waals surface area contributed by atoms with Crippen molar-refractivity contribution in [2.45, 2.75) is 39.5 Å². The summed E-state index contributed by atoms with van der Waals surface area (Å²) in [6, 6.07) is 16.3. The van der Waals surface area contributed by atoms with E-state index in [2.05, 4.69) is 0 Å². The number of nitrogens with zero attached hydrogens (tertiary/aromatic N) is 1. The number of benzene rings is 3. The van der Waals surface area contributed by atoms with Crippen LogP contribution in [0.3, 0.4) is 0 Å². The second-order valence-electron chi connectivity index (χ2n) is 8.64. The van der Waals surface area contributed by atoms with Crippen molar-refractivity contribution in [2.24, 2.45) is 0 Å². The first kappa shape index (κ1) is 25.2. The molecular weight excluding hydrogens is 478 g/mol. The zero-order valence-electron chi connectivity index (χ0n) is 20.8. The van der Waals surface area contributed by atoms with Gasteiger partial charge in [0.05, 0.1) is 17.2 Å². The number of carbonyl (C=O) groups excluding carboxylic acids is 2. The van der Waals surface area contributed by atoms with Crippen molar-refractivity contribution in [3.8, 4) is 0 Å². The molecule has 0 aliphatic rings. The van der Waals surface area contributed by atoms with Gasteiger partial charge in [-0.1, -0.05) is 29.8 Å². The molecule has 1 heterocycles. The Labute approximate surface area is 210 Å². The van der Waals surface area contributed by atoms with E-state index in [9.17, 15) is 18.0 Å². The molecule has 0 aliphatic heterocycles. The molecule has 0 saturated carbocycles. The number of esters is 1. The Balaban J connectivity index is 1.97. The number of carbonyl (C=O) groups is 2. The smallest absolute Gasteiger partial charge is 0.342 e. The first-order valence-electron chi connectivity index (χ1n) is 11.5. The van der Waals surface area contributed by atoms with Gasteiger partial charge in [-0.15, -0.1) is 0 Å². The Bertz CT molecular complexity index is 1580. The third kappa shape index (κ3) is 4.52. The summed E-state index contributed by atoms with van der Waals surface area (Å²) in [5.41, 5.74) is 3.06. The molecule has 1 amide bonds. The van der Waals surface area contributed by atoms with Crippen molar-refractivity contribution in [3.63, 3.8) is 0 Å². The number of hydrogen-bond acceptors (Lipinski definition) is 6. The Morgan fingerprint density at radius 1 is 0.889 bits per heavy atom. The summed E-state index contributed by atoms with van der Waals surface area (Å²) in [7, 11) is -4.33. The van der Waals surface area contributed by atoms with Gasteiger partial charge in [-0.2, -0.15) is 4.31 Å². The first-order valence-corrected chi connectivity index (χ1v) is 12.9. The number of hydrogen-bond donors (Lipinski definition) is 0. The van der Waals surface area contributed by atoms with Crippen LogP contribution in [0.25, 0.3) is 11.0 Å². The molecule has 7 nitrogen and oxygen atoms in total. The van der Waals surface area contributed by atoms with E-state index >= 15 is 0 Å². The largest absolute Gasteiger partial charge is 0.462 e. The predicted octanol–water partition coefficient (Wildman–Crippen LogP) is 5.88. The van der Waals surface area contributed by atoms with Crippen molar-refractivity contribution in [1.29, 1.82) is 0 Å². The summed E-state index contributed by atoms with van der Waals surface area (Å²) in [5, 5.41) is 0.362. The highest BCUT2D eigenvalue weighted by Crippen LogP contribution is 2.34. The summed E-state index contributed by atoms with van der Waals surface area (Å²) in [6.07, 6.45) is 0. The lowest BCUT2D eigenvalue weighted by Gasteiger charge is -2.24. The highest BCUT2D eigenvalue weighted by molar-refractivity contribution is 7.93. The molecule has 8 heteroatoms.